The molecule has 0 aliphatic carbocycles. The van der Waals surface area contributed by atoms with E-state index in [1.165, 1.54) is 37.1 Å². The van der Waals surface area contributed by atoms with Crippen LogP contribution in [0.4, 0.5) is 0 Å². The maximum Gasteiger partial charge on any atom is 0.251 e. The molecule has 0 aromatic heterocycles. The summed E-state index contributed by atoms with van der Waals surface area (Å²) in [4.78, 5) is 14.8. The molecule has 3 rings (SSSR count). The van der Waals surface area contributed by atoms with Crippen molar-refractivity contribution >= 4 is 5.91 Å². The fourth-order valence-corrected chi connectivity index (χ4v) is 3.60. The fourth-order valence-electron chi connectivity index (χ4n) is 3.60. The molecule has 0 spiro atoms. The predicted molar refractivity (Wildman–Crippen MR) is 114 cm³/mol. The van der Waals surface area contributed by atoms with Crippen molar-refractivity contribution in [1.29, 1.82) is 0 Å². The molecule has 1 fully saturated rings. The Balaban J connectivity index is 1.46. The van der Waals surface area contributed by atoms with Gasteiger partial charge < -0.3 is 10.1 Å². The van der Waals surface area contributed by atoms with Gasteiger partial charge in [-0.25, -0.2) is 0 Å². The molecule has 0 radical (unpaired) electrons. The summed E-state index contributed by atoms with van der Waals surface area (Å²) in [5.41, 5.74) is 3.16. The number of likely N-dealkylation sites (tertiary alicyclic amines) is 1. The summed E-state index contributed by atoms with van der Waals surface area (Å²) in [6.45, 7) is 10.8. The van der Waals surface area contributed by atoms with Crippen LogP contribution in [0.25, 0.3) is 0 Å². The zero-order valence-corrected chi connectivity index (χ0v) is 17.3. The van der Waals surface area contributed by atoms with Gasteiger partial charge in [0.05, 0.1) is 6.54 Å². The molecule has 2 aromatic rings. The zero-order valence-electron chi connectivity index (χ0n) is 17.3. The second-order valence-corrected chi connectivity index (χ2v) is 8.53. The van der Waals surface area contributed by atoms with E-state index in [9.17, 15) is 4.79 Å². The van der Waals surface area contributed by atoms with Gasteiger partial charge in [-0.05, 0) is 60.7 Å². The van der Waals surface area contributed by atoms with E-state index < -0.39 is 0 Å². The smallest absolute Gasteiger partial charge is 0.251 e. The first kappa shape index (κ1) is 20.4. The van der Waals surface area contributed by atoms with Gasteiger partial charge in [-0.1, -0.05) is 51.1 Å². The van der Waals surface area contributed by atoms with Crippen molar-refractivity contribution in [2.24, 2.45) is 0 Å². The Morgan fingerprint density at radius 1 is 1.04 bits per heavy atom. The van der Waals surface area contributed by atoms with Gasteiger partial charge in [0.1, 0.15) is 12.4 Å². The maximum atomic E-state index is 12.4. The minimum Gasteiger partial charge on any atom is -0.491 e. The number of para-hydroxylation sites is 1. The van der Waals surface area contributed by atoms with E-state index in [0.717, 1.165) is 12.3 Å². The highest BCUT2D eigenvalue weighted by Crippen LogP contribution is 2.30. The maximum absolute atomic E-state index is 12.4. The second-order valence-electron chi connectivity index (χ2n) is 8.53. The molecule has 1 saturated heterocycles. The average molecular weight is 381 g/mol. The molecule has 1 N–H and O–H groups in total. The Kier molecular flexibility index (Phi) is 6.74. The first-order chi connectivity index (χ1) is 13.4. The molecule has 1 heterocycles. The van der Waals surface area contributed by atoms with Crippen molar-refractivity contribution in [3.05, 3.63) is 65.2 Å². The van der Waals surface area contributed by atoms with Crippen LogP contribution in [0, 0.1) is 0 Å². The topological polar surface area (TPSA) is 41.6 Å². The molecule has 150 valence electrons. The summed E-state index contributed by atoms with van der Waals surface area (Å²) in [6, 6.07) is 16.0. The lowest BCUT2D eigenvalue weighted by Crippen LogP contribution is -2.28. The summed E-state index contributed by atoms with van der Waals surface area (Å²) in [6.07, 6.45) is 2.59. The SMILES string of the molecule is CC(C)(C)c1ccccc1OCCNC(=O)c1ccc(CN2CCCC2)cc1. The highest BCUT2D eigenvalue weighted by molar-refractivity contribution is 5.94. The van der Waals surface area contributed by atoms with Crippen molar-refractivity contribution in [1.82, 2.24) is 10.2 Å². The monoisotopic (exact) mass is 380 g/mol. The van der Waals surface area contributed by atoms with Crippen LogP contribution in [0.2, 0.25) is 0 Å². The average Bonchev–Trinajstić information content (AvgIpc) is 3.18. The van der Waals surface area contributed by atoms with Crippen molar-refractivity contribution in [3.8, 4) is 5.75 Å². The number of carbonyl (C=O) groups excluding carboxylic acids is 1. The Morgan fingerprint density at radius 2 is 1.71 bits per heavy atom. The number of nitrogens with zero attached hydrogens (tertiary/aromatic N) is 1. The fraction of sp³-hybridized carbons (Fsp3) is 0.458. The molecule has 0 bridgehead atoms. The number of amides is 1. The van der Waals surface area contributed by atoms with Gasteiger partial charge in [0.15, 0.2) is 0 Å². The Morgan fingerprint density at radius 3 is 2.39 bits per heavy atom. The Hall–Kier alpha value is -2.33. The van der Waals surface area contributed by atoms with E-state index in [-0.39, 0.29) is 11.3 Å². The third-order valence-electron chi connectivity index (χ3n) is 5.16. The van der Waals surface area contributed by atoms with E-state index in [1.54, 1.807) is 0 Å². The van der Waals surface area contributed by atoms with Gasteiger partial charge in [-0.15, -0.1) is 0 Å². The van der Waals surface area contributed by atoms with Gasteiger partial charge in [0, 0.05) is 12.1 Å². The third kappa shape index (κ3) is 5.59. The van der Waals surface area contributed by atoms with E-state index in [0.29, 0.717) is 18.7 Å². The van der Waals surface area contributed by atoms with Crippen LogP contribution in [-0.2, 0) is 12.0 Å². The normalized spacial score (nSPS) is 14.8. The molecule has 0 saturated carbocycles. The molecular formula is C24H32N2O2. The number of ether oxygens (including phenoxy) is 1. The lowest BCUT2D eigenvalue weighted by molar-refractivity contribution is 0.0947. The summed E-state index contributed by atoms with van der Waals surface area (Å²) < 4.78 is 5.92. The highest BCUT2D eigenvalue weighted by Gasteiger charge is 2.18. The molecule has 0 atom stereocenters. The summed E-state index contributed by atoms with van der Waals surface area (Å²) >= 11 is 0. The minimum absolute atomic E-state index is 0.0245. The first-order valence-corrected chi connectivity index (χ1v) is 10.3. The number of rotatable bonds is 7. The van der Waals surface area contributed by atoms with E-state index in [4.69, 9.17) is 4.74 Å². The largest absolute Gasteiger partial charge is 0.491 e. The zero-order chi connectivity index (χ0) is 20.0. The predicted octanol–water partition coefficient (Wildman–Crippen LogP) is 4.39. The highest BCUT2D eigenvalue weighted by atomic mass is 16.5. The van der Waals surface area contributed by atoms with Crippen LogP contribution >= 0.6 is 0 Å². The number of nitrogens with one attached hydrogen (secondary N) is 1. The summed E-state index contributed by atoms with van der Waals surface area (Å²) in [7, 11) is 0. The molecular weight excluding hydrogens is 348 g/mol. The van der Waals surface area contributed by atoms with E-state index in [1.807, 2.05) is 30.3 Å². The van der Waals surface area contributed by atoms with Gasteiger partial charge in [-0.2, -0.15) is 0 Å². The molecule has 1 aliphatic rings. The van der Waals surface area contributed by atoms with Crippen LogP contribution in [0.5, 0.6) is 5.75 Å². The van der Waals surface area contributed by atoms with Crippen molar-refractivity contribution in [3.63, 3.8) is 0 Å². The first-order valence-electron chi connectivity index (χ1n) is 10.3. The van der Waals surface area contributed by atoms with Gasteiger partial charge in [-0.3, -0.25) is 9.69 Å². The Bertz CT molecular complexity index is 772. The number of hydrogen-bond donors (Lipinski definition) is 1. The van der Waals surface area contributed by atoms with Crippen molar-refractivity contribution in [2.75, 3.05) is 26.2 Å². The molecule has 28 heavy (non-hydrogen) atoms. The molecule has 1 aliphatic heterocycles. The van der Waals surface area contributed by atoms with Gasteiger partial charge >= 0.3 is 0 Å². The number of hydrogen-bond acceptors (Lipinski definition) is 3. The van der Waals surface area contributed by atoms with Crippen LogP contribution < -0.4 is 10.1 Å². The van der Waals surface area contributed by atoms with Crippen LogP contribution in [0.3, 0.4) is 0 Å². The van der Waals surface area contributed by atoms with Crippen LogP contribution in [-0.4, -0.2) is 37.0 Å². The summed E-state index contributed by atoms with van der Waals surface area (Å²) in [5.74, 6) is 0.830. The molecule has 4 nitrogen and oxygen atoms in total. The quantitative estimate of drug-likeness (QED) is 0.725. The van der Waals surface area contributed by atoms with Crippen LogP contribution in [0.15, 0.2) is 48.5 Å². The molecule has 4 heteroatoms. The van der Waals surface area contributed by atoms with Crippen molar-refractivity contribution < 1.29 is 9.53 Å². The van der Waals surface area contributed by atoms with E-state index >= 15 is 0 Å². The Labute approximate surface area is 168 Å². The second kappa shape index (κ2) is 9.24. The van der Waals surface area contributed by atoms with Crippen molar-refractivity contribution in [2.45, 2.75) is 45.6 Å². The molecule has 1 amide bonds. The summed E-state index contributed by atoms with van der Waals surface area (Å²) in [5, 5.41) is 2.95. The van der Waals surface area contributed by atoms with Crippen LogP contribution in [0.1, 0.15) is 55.1 Å². The van der Waals surface area contributed by atoms with E-state index in [2.05, 4.69) is 49.2 Å². The minimum atomic E-state index is -0.0552. The standard InChI is InChI=1S/C24H32N2O2/c1-24(2,3)21-8-4-5-9-22(21)28-17-14-25-23(27)20-12-10-19(11-13-20)18-26-15-6-7-16-26/h4-5,8-13H,6-7,14-18H2,1-3H3,(H,25,27). The van der Waals surface area contributed by atoms with Gasteiger partial charge in [0.2, 0.25) is 0 Å². The molecule has 2 aromatic carbocycles. The lowest BCUT2D eigenvalue weighted by Gasteiger charge is -2.22. The number of carbonyl (C=O) groups is 1. The molecule has 0 unspecified atom stereocenters. The van der Waals surface area contributed by atoms with Gasteiger partial charge in [0.25, 0.3) is 5.91 Å². The third-order valence-corrected chi connectivity index (χ3v) is 5.16. The lowest BCUT2D eigenvalue weighted by atomic mass is 9.86. The number of benzene rings is 2.